The molecule has 2 saturated heterocycles. The lowest BCUT2D eigenvalue weighted by molar-refractivity contribution is -0.265. The van der Waals surface area contributed by atoms with Crippen molar-refractivity contribution in [1.82, 2.24) is 4.90 Å². The zero-order valence-corrected chi connectivity index (χ0v) is 46.9. The third-order valence-electron chi connectivity index (χ3n) is 15.6. The minimum atomic E-state index is -3.34. The van der Waals surface area contributed by atoms with Crippen LogP contribution in [0.15, 0.2) is 47.6 Å². The summed E-state index contributed by atoms with van der Waals surface area (Å²) in [6.07, 6.45) is 11.9. The Bertz CT molecular complexity index is 2010. The fourth-order valence-electron chi connectivity index (χ4n) is 11.1. The van der Waals surface area contributed by atoms with Crippen molar-refractivity contribution in [2.24, 2.45) is 35.5 Å². The van der Waals surface area contributed by atoms with E-state index >= 15 is 0 Å². The number of amides is 1. The molecule has 1 amide bonds. The van der Waals surface area contributed by atoms with E-state index in [0.717, 1.165) is 5.57 Å². The number of aliphatic hydroxyl groups is 2. The predicted molar refractivity (Wildman–Crippen MR) is 278 cm³/mol. The van der Waals surface area contributed by atoms with Gasteiger partial charge in [0.05, 0.1) is 37.1 Å². The second kappa shape index (κ2) is 29.4. The SMILES string of the molecule is CCCP(=O)(OCC)O[C@@H]1CC[C@@H](C[C@@H](C)[C@@H]2CC(=O)/C(C)=C/C(C)[C@@H](O)[C@@H](OC)C(=O)[C@H](C)C[C@H](C)C=CC=CC=C(C)[C@@H](OC)C[C@@H]3CC[C@@H](C)C(O)(O3)C(=O)C(=O)N3CCCCC3C(=O)O2)C[C@H]1OC. The van der Waals surface area contributed by atoms with E-state index < -0.39 is 103 Å². The summed E-state index contributed by atoms with van der Waals surface area (Å²) in [5.41, 5.74) is 1.17. The van der Waals surface area contributed by atoms with Crippen LogP contribution in [0.4, 0.5) is 0 Å². The summed E-state index contributed by atoms with van der Waals surface area (Å²) in [4.78, 5) is 72.6. The Morgan fingerprint density at radius 1 is 0.877 bits per heavy atom. The van der Waals surface area contributed by atoms with Crippen molar-refractivity contribution in [1.29, 1.82) is 0 Å². The first-order valence-corrected chi connectivity index (χ1v) is 28.7. The first-order valence-electron chi connectivity index (χ1n) is 27.0. The average Bonchev–Trinajstić information content (AvgIpc) is 3.35. The maximum atomic E-state index is 14.6. The number of rotatable bonds is 12. The highest BCUT2D eigenvalue weighted by molar-refractivity contribution is 7.53. The summed E-state index contributed by atoms with van der Waals surface area (Å²) in [7, 11) is 1.21. The Morgan fingerprint density at radius 3 is 2.26 bits per heavy atom. The molecule has 0 aromatic rings. The highest BCUT2D eigenvalue weighted by Crippen LogP contribution is 2.52. The van der Waals surface area contributed by atoms with Crippen LogP contribution in [0.3, 0.4) is 0 Å². The van der Waals surface area contributed by atoms with E-state index in [9.17, 15) is 38.8 Å². The molecule has 17 heteroatoms. The van der Waals surface area contributed by atoms with Gasteiger partial charge in [0.15, 0.2) is 11.6 Å². The Morgan fingerprint density at radius 2 is 1.60 bits per heavy atom. The van der Waals surface area contributed by atoms with Gasteiger partial charge < -0.3 is 47.8 Å². The van der Waals surface area contributed by atoms with Crippen LogP contribution in [0.25, 0.3) is 0 Å². The molecule has 3 aliphatic heterocycles. The van der Waals surface area contributed by atoms with E-state index in [1.165, 1.54) is 12.0 Å². The second-order valence-corrected chi connectivity index (χ2v) is 23.6. The van der Waals surface area contributed by atoms with Crippen LogP contribution in [0.2, 0.25) is 0 Å². The van der Waals surface area contributed by atoms with Crippen LogP contribution in [0.1, 0.15) is 146 Å². The number of ether oxygens (including phenoxy) is 5. The second-order valence-electron chi connectivity index (χ2n) is 21.4. The number of allylic oxidation sites excluding steroid dienone is 6. The third-order valence-corrected chi connectivity index (χ3v) is 17.8. The van der Waals surface area contributed by atoms with Crippen molar-refractivity contribution in [3.8, 4) is 0 Å². The first-order chi connectivity index (χ1) is 34.6. The van der Waals surface area contributed by atoms with Crippen molar-refractivity contribution in [2.75, 3.05) is 40.6 Å². The van der Waals surface area contributed by atoms with Gasteiger partial charge in [-0.25, -0.2) is 4.79 Å². The maximum Gasteiger partial charge on any atom is 0.331 e. The van der Waals surface area contributed by atoms with Crippen LogP contribution in [-0.4, -0.2) is 140 Å². The molecule has 4 aliphatic rings. The van der Waals surface area contributed by atoms with Gasteiger partial charge in [-0.2, -0.15) is 0 Å². The maximum absolute atomic E-state index is 14.6. The van der Waals surface area contributed by atoms with Crippen LogP contribution < -0.4 is 0 Å². The Hall–Kier alpha value is -3.18. The molecule has 16 atom stereocenters. The molecule has 0 spiro atoms. The van der Waals surface area contributed by atoms with E-state index in [1.807, 2.05) is 65.0 Å². The summed E-state index contributed by atoms with van der Waals surface area (Å²) >= 11 is 0. The molecule has 3 fully saturated rings. The molecule has 4 unspecified atom stereocenters. The number of hydrogen-bond donors (Lipinski definition) is 2. The number of Topliss-reactive ketones (excluding diaryl/α,β-unsaturated/α-hetero) is 3. The summed E-state index contributed by atoms with van der Waals surface area (Å²) < 4.78 is 55.2. The summed E-state index contributed by atoms with van der Waals surface area (Å²) in [6, 6.07) is -1.17. The lowest BCUT2D eigenvalue weighted by atomic mass is 9.78. The van der Waals surface area contributed by atoms with Gasteiger partial charge in [-0.15, -0.1) is 0 Å². The molecule has 2 bridgehead atoms. The average molecular weight is 1050 g/mol. The normalized spacial score (nSPS) is 36.6. The predicted octanol–water partition coefficient (Wildman–Crippen LogP) is 8.84. The third kappa shape index (κ3) is 17.2. The first kappa shape index (κ1) is 62.4. The molecule has 2 N–H and O–H groups in total. The number of piperidine rings is 1. The molecule has 4 rings (SSSR count). The lowest BCUT2D eigenvalue weighted by Gasteiger charge is -2.42. The van der Waals surface area contributed by atoms with Crippen molar-refractivity contribution in [3.63, 3.8) is 0 Å². The summed E-state index contributed by atoms with van der Waals surface area (Å²) in [5.74, 6) is -8.22. The van der Waals surface area contributed by atoms with Crippen molar-refractivity contribution >= 4 is 36.8 Å². The topological polar surface area (TPSA) is 211 Å². The fraction of sp³-hybridized carbons (Fsp3) is 0.768. The molecule has 1 aliphatic carbocycles. The molecule has 16 nitrogen and oxygen atoms in total. The number of carbonyl (C=O) groups is 5. The molecule has 3 heterocycles. The van der Waals surface area contributed by atoms with Crippen molar-refractivity contribution < 1.29 is 71.5 Å². The van der Waals surface area contributed by atoms with E-state index in [0.29, 0.717) is 82.4 Å². The van der Waals surface area contributed by atoms with Gasteiger partial charge in [0.2, 0.25) is 5.79 Å². The van der Waals surface area contributed by atoms with Gasteiger partial charge in [0.25, 0.3) is 11.7 Å². The van der Waals surface area contributed by atoms with Gasteiger partial charge in [-0.05, 0) is 120 Å². The number of fused-ring (bicyclic) bond motifs is 3. The smallest absolute Gasteiger partial charge is 0.331 e. The number of esters is 1. The fourth-order valence-corrected chi connectivity index (χ4v) is 13.0. The molecule has 1 saturated carbocycles. The molecule has 73 heavy (non-hydrogen) atoms. The van der Waals surface area contributed by atoms with Gasteiger partial charge in [0.1, 0.15) is 18.2 Å². The Labute approximate surface area is 435 Å². The zero-order valence-electron chi connectivity index (χ0n) is 46.0. The number of methoxy groups -OCH3 is 3. The van der Waals surface area contributed by atoms with Crippen LogP contribution in [-0.2, 0) is 61.3 Å². The van der Waals surface area contributed by atoms with E-state index in [2.05, 4.69) is 0 Å². The zero-order chi connectivity index (χ0) is 54.2. The highest BCUT2D eigenvalue weighted by atomic mass is 31.2. The van der Waals surface area contributed by atoms with Crippen molar-refractivity contribution in [2.45, 2.75) is 200 Å². The van der Waals surface area contributed by atoms with Gasteiger partial charge in [-0.1, -0.05) is 78.0 Å². The number of nitrogens with zero attached hydrogens (tertiary/aromatic N) is 1. The molecule has 0 aromatic carbocycles. The Balaban J connectivity index is 1.70. The van der Waals surface area contributed by atoms with Gasteiger partial charge >= 0.3 is 13.6 Å². The highest BCUT2D eigenvalue weighted by Gasteiger charge is 2.53. The number of cyclic esters (lactones) is 1. The van der Waals surface area contributed by atoms with Gasteiger partial charge in [0, 0.05) is 64.6 Å². The van der Waals surface area contributed by atoms with Crippen molar-refractivity contribution in [3.05, 3.63) is 47.6 Å². The van der Waals surface area contributed by atoms with Crippen LogP contribution >= 0.6 is 7.60 Å². The molecule has 414 valence electrons. The minimum absolute atomic E-state index is 0.00889. The number of hydrogen-bond acceptors (Lipinski definition) is 15. The molecule has 0 radical (unpaired) electrons. The summed E-state index contributed by atoms with van der Waals surface area (Å²) in [5, 5.41) is 23.6. The largest absolute Gasteiger partial charge is 0.460 e. The Kier molecular flexibility index (Phi) is 25.1. The lowest BCUT2D eigenvalue weighted by Crippen LogP contribution is -2.61. The number of aliphatic hydroxyl groups excluding tert-OH is 1. The van der Waals surface area contributed by atoms with E-state index in [4.69, 9.17) is 32.7 Å². The van der Waals surface area contributed by atoms with Crippen LogP contribution in [0.5, 0.6) is 0 Å². The number of carbonyl (C=O) groups excluding carboxylic acids is 5. The minimum Gasteiger partial charge on any atom is -0.460 e. The van der Waals surface area contributed by atoms with Crippen LogP contribution in [0, 0.1) is 35.5 Å². The van der Waals surface area contributed by atoms with E-state index in [-0.39, 0.29) is 49.4 Å². The molecular weight excluding hydrogens is 958 g/mol. The van der Waals surface area contributed by atoms with Gasteiger partial charge in [-0.3, -0.25) is 23.7 Å². The van der Waals surface area contributed by atoms with E-state index in [1.54, 1.807) is 48.0 Å². The standard InChI is InChI=1S/C56H90NO15P/c1-13-28-73(65,69-14-2)72-46-26-24-42(32-49(46)67-11)31-38(6)48-34-45(58)37(5)30-40(8)51(60)52(68-12)50(59)39(7)29-35(3)20-16-15-17-21-36(4)47(66-10)33-43-25-23-41(9)56(64,71-43)53(61)54(62)57-27-19-18-22-44(57)55(63)70-48/h15-17,20-21,30,35,38-44,46-49,51-52,60,64H,13-14,18-19,22-29,31-34H2,1-12H3/b17-15?,20-16?,36-21?,37-30+/t35-,38-,39-,40?,41-,42+,43+,44?,46-,47+,48+,49-,51-,52+,56?,73?/m1/s1. The molecule has 0 aromatic heterocycles. The molecular formula is C56H90NO15P. The monoisotopic (exact) mass is 1050 g/mol. The summed E-state index contributed by atoms with van der Waals surface area (Å²) in [6.45, 7) is 16.7. The number of ketones is 3. The quantitative estimate of drug-likeness (QED) is 0.106.